The van der Waals surface area contributed by atoms with E-state index in [0.29, 0.717) is 0 Å². The van der Waals surface area contributed by atoms with Gasteiger partial charge in [-0.3, -0.25) is 14.8 Å². The Labute approximate surface area is 188 Å². The van der Waals surface area contributed by atoms with Crippen molar-refractivity contribution in [1.82, 2.24) is 15.0 Å². The van der Waals surface area contributed by atoms with E-state index in [0.717, 1.165) is 81.9 Å². The average molecular weight is 428 g/mol. The van der Waals surface area contributed by atoms with E-state index in [-0.39, 0.29) is 11.0 Å². The number of nitrogens with one attached hydrogen (secondary N) is 1. The molecule has 2 aliphatic heterocycles. The maximum Gasteiger partial charge on any atom is 0.255 e. The summed E-state index contributed by atoms with van der Waals surface area (Å²) < 4.78 is 0. The van der Waals surface area contributed by atoms with E-state index in [1.54, 1.807) is 0 Å². The molecule has 0 bridgehead atoms. The van der Waals surface area contributed by atoms with Crippen LogP contribution in [-0.4, -0.2) is 34.6 Å². The highest BCUT2D eigenvalue weighted by Gasteiger charge is 2.44. The third-order valence-electron chi connectivity index (χ3n) is 7.60. The molecule has 164 valence electrons. The highest BCUT2D eigenvalue weighted by molar-refractivity contribution is 5.63. The number of nitrogens with zero attached hydrogens (tertiary/aromatic N) is 4. The van der Waals surface area contributed by atoms with E-state index < -0.39 is 0 Å². The van der Waals surface area contributed by atoms with E-state index in [1.165, 1.54) is 16.8 Å². The number of anilines is 2. The summed E-state index contributed by atoms with van der Waals surface area (Å²) >= 11 is 0. The second kappa shape index (κ2) is 7.76. The molecular weight excluding hydrogens is 398 g/mol. The second-order valence-electron chi connectivity index (χ2n) is 9.52. The number of aryl methyl sites for hydroxylation is 1. The van der Waals surface area contributed by atoms with Gasteiger partial charge in [0.25, 0.3) is 5.56 Å². The summed E-state index contributed by atoms with van der Waals surface area (Å²) in [7, 11) is 0. The van der Waals surface area contributed by atoms with E-state index >= 15 is 0 Å². The van der Waals surface area contributed by atoms with Crippen LogP contribution < -0.4 is 15.4 Å². The number of aromatic nitrogens is 3. The minimum atomic E-state index is 0.0684. The third kappa shape index (κ3) is 3.29. The number of hydrogen-bond donors (Lipinski definition) is 1. The molecule has 1 aromatic carbocycles. The molecule has 0 unspecified atom stereocenters. The molecule has 0 saturated carbocycles. The normalized spacial score (nSPS) is 19.1. The van der Waals surface area contributed by atoms with Crippen molar-refractivity contribution in [1.29, 1.82) is 0 Å². The van der Waals surface area contributed by atoms with Crippen LogP contribution in [0, 0.1) is 0 Å². The summed E-state index contributed by atoms with van der Waals surface area (Å²) in [5.74, 6) is 0.768. The smallest absolute Gasteiger partial charge is 0.255 e. The summed E-state index contributed by atoms with van der Waals surface area (Å²) in [6.45, 7) is 3.74. The molecule has 32 heavy (non-hydrogen) atoms. The molecule has 6 nitrogen and oxygen atoms in total. The number of fused-ring (bicyclic) bond motifs is 3. The lowest BCUT2D eigenvalue weighted by Crippen LogP contribution is -2.46. The molecule has 4 heterocycles. The molecule has 0 amide bonds. The predicted molar refractivity (Wildman–Crippen MR) is 126 cm³/mol. The lowest BCUT2D eigenvalue weighted by atomic mass is 9.74. The molecule has 1 saturated heterocycles. The van der Waals surface area contributed by atoms with Crippen LogP contribution in [0.1, 0.15) is 48.1 Å². The van der Waals surface area contributed by atoms with E-state index in [1.807, 2.05) is 18.5 Å². The minimum absolute atomic E-state index is 0.0684. The van der Waals surface area contributed by atoms with Crippen LogP contribution in [0.15, 0.2) is 53.6 Å². The number of rotatable bonds is 3. The van der Waals surface area contributed by atoms with Gasteiger partial charge in [0.15, 0.2) is 0 Å². The zero-order valence-corrected chi connectivity index (χ0v) is 18.4. The van der Waals surface area contributed by atoms with Gasteiger partial charge in [0, 0.05) is 55.2 Å². The van der Waals surface area contributed by atoms with Crippen LogP contribution in [0.3, 0.4) is 0 Å². The molecule has 3 aliphatic rings. The Kier molecular flexibility index (Phi) is 4.74. The van der Waals surface area contributed by atoms with Crippen molar-refractivity contribution in [3.8, 4) is 0 Å². The molecule has 1 fully saturated rings. The quantitative estimate of drug-likeness (QED) is 0.692. The molecular formula is C26H29N5O. The maximum atomic E-state index is 12.6. The van der Waals surface area contributed by atoms with Crippen molar-refractivity contribution in [3.63, 3.8) is 0 Å². The summed E-state index contributed by atoms with van der Waals surface area (Å²) in [6, 6.07) is 13.1. The van der Waals surface area contributed by atoms with E-state index in [9.17, 15) is 4.79 Å². The molecule has 3 aromatic rings. The van der Waals surface area contributed by atoms with E-state index in [2.05, 4.69) is 50.1 Å². The Balaban J connectivity index is 1.24. The maximum absolute atomic E-state index is 12.6. The second-order valence-corrected chi connectivity index (χ2v) is 9.52. The van der Waals surface area contributed by atoms with Crippen LogP contribution in [-0.2, 0) is 24.8 Å². The van der Waals surface area contributed by atoms with E-state index in [4.69, 9.17) is 4.98 Å². The minimum Gasteiger partial charge on any atom is -0.366 e. The van der Waals surface area contributed by atoms with Gasteiger partial charge in [-0.2, -0.15) is 0 Å². The average Bonchev–Trinajstić information content (AvgIpc) is 3.13. The number of H-pyrrole nitrogens is 1. The predicted octanol–water partition coefficient (Wildman–Crippen LogP) is 3.60. The summed E-state index contributed by atoms with van der Waals surface area (Å²) in [4.78, 5) is 29.7. The Morgan fingerprint density at radius 1 is 1.03 bits per heavy atom. The Morgan fingerprint density at radius 3 is 2.72 bits per heavy atom. The first kappa shape index (κ1) is 19.5. The molecule has 6 heteroatoms. The summed E-state index contributed by atoms with van der Waals surface area (Å²) in [5, 5.41) is 0. The van der Waals surface area contributed by atoms with Gasteiger partial charge >= 0.3 is 0 Å². The molecule has 6 rings (SSSR count). The number of benzene rings is 1. The topological polar surface area (TPSA) is 65.1 Å². The van der Waals surface area contributed by atoms with Gasteiger partial charge in [0.1, 0.15) is 0 Å². The fraction of sp³-hybridized carbons (Fsp3) is 0.423. The van der Waals surface area contributed by atoms with Gasteiger partial charge < -0.3 is 9.80 Å². The molecule has 1 spiro atoms. The monoisotopic (exact) mass is 427 g/mol. The SMILES string of the molecule is O=c1[nH]c(N2CCC3(CC2)CN(Cc2cccnc2)c2ccccc23)nc2c1CCCC2. The summed E-state index contributed by atoms with van der Waals surface area (Å²) in [5.41, 5.74) is 6.21. The van der Waals surface area contributed by atoms with Crippen molar-refractivity contribution < 1.29 is 0 Å². The molecule has 1 N–H and O–H groups in total. The molecule has 0 atom stereocenters. The first-order valence-corrected chi connectivity index (χ1v) is 11.8. The van der Waals surface area contributed by atoms with Gasteiger partial charge in [-0.05, 0) is 61.8 Å². The Morgan fingerprint density at radius 2 is 1.88 bits per heavy atom. The fourth-order valence-electron chi connectivity index (χ4n) is 5.90. The van der Waals surface area contributed by atoms with Gasteiger partial charge in [0.2, 0.25) is 5.95 Å². The zero-order chi connectivity index (χ0) is 21.5. The standard InChI is InChI=1S/C26H29N5O/c32-24-20-7-1-3-9-22(20)28-25(29-24)30-14-11-26(12-15-30)18-31(17-19-6-5-13-27-16-19)23-10-4-2-8-21(23)26/h2,4-6,8,10,13,16H,1,3,7,9,11-12,14-15,17-18H2,(H,28,29,32). The van der Waals surface area contributed by atoms with Gasteiger partial charge in [-0.15, -0.1) is 0 Å². The first-order valence-electron chi connectivity index (χ1n) is 11.8. The lowest BCUT2D eigenvalue weighted by molar-refractivity contribution is 0.347. The van der Waals surface area contributed by atoms with Crippen molar-refractivity contribution in [3.05, 3.63) is 81.5 Å². The zero-order valence-electron chi connectivity index (χ0n) is 18.4. The largest absolute Gasteiger partial charge is 0.366 e. The fourth-order valence-corrected chi connectivity index (χ4v) is 5.90. The van der Waals surface area contributed by atoms with Crippen LogP contribution in [0.25, 0.3) is 0 Å². The Bertz CT molecular complexity index is 1180. The van der Waals surface area contributed by atoms with Crippen molar-refractivity contribution >= 4 is 11.6 Å². The lowest BCUT2D eigenvalue weighted by Gasteiger charge is -2.40. The van der Waals surface area contributed by atoms with Crippen LogP contribution >= 0.6 is 0 Å². The van der Waals surface area contributed by atoms with Gasteiger partial charge in [-0.25, -0.2) is 4.98 Å². The highest BCUT2D eigenvalue weighted by atomic mass is 16.1. The highest BCUT2D eigenvalue weighted by Crippen LogP contribution is 2.47. The number of piperidine rings is 1. The van der Waals surface area contributed by atoms with Gasteiger partial charge in [0.05, 0.1) is 5.69 Å². The third-order valence-corrected chi connectivity index (χ3v) is 7.60. The van der Waals surface area contributed by atoms with Crippen molar-refractivity contribution in [2.45, 2.75) is 50.5 Å². The van der Waals surface area contributed by atoms with Crippen LogP contribution in [0.4, 0.5) is 11.6 Å². The number of hydrogen-bond acceptors (Lipinski definition) is 5. The number of aromatic amines is 1. The van der Waals surface area contributed by atoms with Gasteiger partial charge in [-0.1, -0.05) is 24.3 Å². The van der Waals surface area contributed by atoms with Crippen LogP contribution in [0.5, 0.6) is 0 Å². The van der Waals surface area contributed by atoms with Crippen LogP contribution in [0.2, 0.25) is 0 Å². The Hall–Kier alpha value is -3.15. The summed E-state index contributed by atoms with van der Waals surface area (Å²) in [6.07, 6.45) is 9.95. The molecule has 0 radical (unpaired) electrons. The van der Waals surface area contributed by atoms with Crippen molar-refractivity contribution in [2.24, 2.45) is 0 Å². The number of pyridine rings is 1. The molecule has 1 aliphatic carbocycles. The molecule has 2 aromatic heterocycles. The van der Waals surface area contributed by atoms with Crippen molar-refractivity contribution in [2.75, 3.05) is 29.4 Å². The number of para-hydroxylation sites is 1. The first-order chi connectivity index (χ1) is 15.7.